The van der Waals surface area contributed by atoms with Crippen molar-refractivity contribution in [2.45, 2.75) is 12.8 Å². The number of nitrogens with zero attached hydrogens (tertiary/aromatic N) is 2. The molecule has 1 aromatic heterocycles. The molecule has 0 unspecified atom stereocenters. The van der Waals surface area contributed by atoms with Crippen molar-refractivity contribution in [3.63, 3.8) is 0 Å². The Hall–Kier alpha value is -1.09. The second kappa shape index (κ2) is 4.42. The van der Waals surface area contributed by atoms with Gasteiger partial charge in [-0.15, -0.1) is 0 Å². The first-order valence-electron chi connectivity index (χ1n) is 5.24. The first-order valence-corrected chi connectivity index (χ1v) is 5.24. The lowest BCUT2D eigenvalue weighted by Crippen LogP contribution is -2.34. The van der Waals surface area contributed by atoms with Crippen LogP contribution in [0.15, 0.2) is 18.5 Å². The molecule has 0 saturated heterocycles. The molecule has 76 valence electrons. The minimum atomic E-state index is 1.04. The van der Waals surface area contributed by atoms with Crippen molar-refractivity contribution in [3.05, 3.63) is 24.0 Å². The van der Waals surface area contributed by atoms with E-state index in [4.69, 9.17) is 0 Å². The minimum Gasteiger partial charge on any atom is -0.370 e. The highest BCUT2D eigenvalue weighted by atomic mass is 15.1. The molecule has 0 bridgehead atoms. The van der Waals surface area contributed by atoms with Gasteiger partial charge in [0.1, 0.15) is 0 Å². The van der Waals surface area contributed by atoms with Crippen molar-refractivity contribution in [2.24, 2.45) is 0 Å². The van der Waals surface area contributed by atoms with Crippen LogP contribution in [0, 0.1) is 0 Å². The van der Waals surface area contributed by atoms with Gasteiger partial charge in [0, 0.05) is 37.7 Å². The summed E-state index contributed by atoms with van der Waals surface area (Å²) in [6.45, 7) is 3.31. The molecule has 1 aromatic rings. The summed E-state index contributed by atoms with van der Waals surface area (Å²) in [5.41, 5.74) is 2.77. The molecule has 1 aliphatic rings. The van der Waals surface area contributed by atoms with E-state index in [1.165, 1.54) is 30.6 Å². The first kappa shape index (κ1) is 9.46. The number of nitrogens with one attached hydrogen (secondary N) is 1. The predicted octanol–water partition coefficient (Wildman–Crippen LogP) is 1.05. The summed E-state index contributed by atoms with van der Waals surface area (Å²) in [6, 6.07) is 2.13. The maximum Gasteiger partial charge on any atom is 0.0430 e. The Labute approximate surface area is 85.1 Å². The van der Waals surface area contributed by atoms with E-state index in [0.717, 1.165) is 13.1 Å². The Morgan fingerprint density at radius 3 is 3.36 bits per heavy atom. The summed E-state index contributed by atoms with van der Waals surface area (Å²) in [5.74, 6) is 0. The molecule has 3 nitrogen and oxygen atoms in total. The Kier molecular flexibility index (Phi) is 2.99. The van der Waals surface area contributed by atoms with Crippen molar-refractivity contribution in [3.8, 4) is 0 Å². The maximum absolute atomic E-state index is 4.17. The van der Waals surface area contributed by atoms with E-state index < -0.39 is 0 Å². The van der Waals surface area contributed by atoms with Crippen LogP contribution >= 0.6 is 0 Å². The zero-order valence-electron chi connectivity index (χ0n) is 8.66. The van der Waals surface area contributed by atoms with E-state index >= 15 is 0 Å². The number of anilines is 1. The van der Waals surface area contributed by atoms with E-state index in [-0.39, 0.29) is 0 Å². The zero-order valence-corrected chi connectivity index (χ0v) is 8.66. The van der Waals surface area contributed by atoms with E-state index in [9.17, 15) is 0 Å². The summed E-state index contributed by atoms with van der Waals surface area (Å²) >= 11 is 0. The normalized spacial score (nSPS) is 15.4. The molecule has 14 heavy (non-hydrogen) atoms. The molecule has 1 aliphatic heterocycles. The highest BCUT2D eigenvalue weighted by molar-refractivity contribution is 5.53. The first-order chi connectivity index (χ1) is 6.92. The zero-order chi connectivity index (χ0) is 9.80. The van der Waals surface area contributed by atoms with Gasteiger partial charge >= 0.3 is 0 Å². The fourth-order valence-corrected chi connectivity index (χ4v) is 1.98. The molecule has 0 aromatic carbocycles. The van der Waals surface area contributed by atoms with E-state index in [0.29, 0.717) is 0 Å². The lowest BCUT2D eigenvalue weighted by Gasteiger charge is -2.30. The molecule has 3 heteroatoms. The lowest BCUT2D eigenvalue weighted by molar-refractivity contribution is 0.663. The Bertz CT molecular complexity index is 298. The van der Waals surface area contributed by atoms with Gasteiger partial charge in [-0.25, -0.2) is 0 Å². The molecule has 2 heterocycles. The fourth-order valence-electron chi connectivity index (χ4n) is 1.98. The second-order valence-corrected chi connectivity index (χ2v) is 3.70. The quantitative estimate of drug-likeness (QED) is 0.774. The molecule has 0 saturated carbocycles. The summed E-state index contributed by atoms with van der Waals surface area (Å²) in [4.78, 5) is 6.61. The molecule has 0 radical (unpaired) electrons. The second-order valence-electron chi connectivity index (χ2n) is 3.70. The van der Waals surface area contributed by atoms with Gasteiger partial charge in [-0.3, -0.25) is 4.98 Å². The Morgan fingerprint density at radius 1 is 1.57 bits per heavy atom. The molecule has 0 fully saturated rings. The van der Waals surface area contributed by atoms with Crippen LogP contribution in [-0.4, -0.2) is 31.7 Å². The van der Waals surface area contributed by atoms with Crippen LogP contribution in [-0.2, 0) is 6.42 Å². The Balaban J connectivity index is 2.14. The molecule has 0 spiro atoms. The van der Waals surface area contributed by atoms with Crippen LogP contribution in [0.1, 0.15) is 12.0 Å². The number of hydrogen-bond acceptors (Lipinski definition) is 3. The van der Waals surface area contributed by atoms with Gasteiger partial charge in [0.2, 0.25) is 0 Å². The van der Waals surface area contributed by atoms with Crippen LogP contribution in [0.2, 0.25) is 0 Å². The molecule has 0 atom stereocenters. The number of fused-ring (bicyclic) bond motifs is 1. The van der Waals surface area contributed by atoms with Crippen LogP contribution in [0.5, 0.6) is 0 Å². The molecular formula is C11H17N3. The third-order valence-electron chi connectivity index (χ3n) is 2.72. The number of likely N-dealkylation sites (N-methyl/N-ethyl adjacent to an activating group) is 1. The predicted molar refractivity (Wildman–Crippen MR) is 58.7 cm³/mol. The molecule has 0 amide bonds. The van der Waals surface area contributed by atoms with Crippen LogP contribution in [0.4, 0.5) is 5.69 Å². The summed E-state index contributed by atoms with van der Waals surface area (Å²) in [6.07, 6.45) is 6.32. The number of aryl methyl sites for hydroxylation is 1. The number of rotatable bonds is 3. The van der Waals surface area contributed by atoms with Gasteiger partial charge in [0.25, 0.3) is 0 Å². The standard InChI is InChI=1S/C11H17N3/c1-12-6-8-14-7-2-3-10-9-13-5-4-11(10)14/h4-5,9,12H,2-3,6-8H2,1H3. The van der Waals surface area contributed by atoms with E-state index in [2.05, 4.69) is 21.3 Å². The summed E-state index contributed by atoms with van der Waals surface area (Å²) in [7, 11) is 2.00. The average Bonchev–Trinajstić information content (AvgIpc) is 2.26. The van der Waals surface area contributed by atoms with Gasteiger partial charge in [0.15, 0.2) is 0 Å². The third kappa shape index (κ3) is 1.87. The SMILES string of the molecule is CNCCN1CCCc2cnccc21. The highest BCUT2D eigenvalue weighted by Crippen LogP contribution is 2.24. The monoisotopic (exact) mass is 191 g/mol. The van der Waals surface area contributed by atoms with Crippen molar-refractivity contribution < 1.29 is 0 Å². The largest absolute Gasteiger partial charge is 0.370 e. The van der Waals surface area contributed by atoms with Gasteiger partial charge in [0.05, 0.1) is 0 Å². The maximum atomic E-state index is 4.17. The summed E-state index contributed by atoms with van der Waals surface area (Å²) in [5, 5.41) is 3.19. The van der Waals surface area contributed by atoms with Gasteiger partial charge in [-0.2, -0.15) is 0 Å². The third-order valence-corrected chi connectivity index (χ3v) is 2.72. The van der Waals surface area contributed by atoms with Crippen molar-refractivity contribution in [1.29, 1.82) is 0 Å². The van der Waals surface area contributed by atoms with Crippen molar-refractivity contribution in [1.82, 2.24) is 10.3 Å². The smallest absolute Gasteiger partial charge is 0.0430 e. The fraction of sp³-hybridized carbons (Fsp3) is 0.545. The lowest BCUT2D eigenvalue weighted by atomic mass is 10.0. The van der Waals surface area contributed by atoms with E-state index in [1.807, 2.05) is 19.4 Å². The average molecular weight is 191 g/mol. The van der Waals surface area contributed by atoms with Crippen LogP contribution in [0.3, 0.4) is 0 Å². The topological polar surface area (TPSA) is 28.2 Å². The summed E-state index contributed by atoms with van der Waals surface area (Å²) < 4.78 is 0. The molecular weight excluding hydrogens is 174 g/mol. The highest BCUT2D eigenvalue weighted by Gasteiger charge is 2.15. The minimum absolute atomic E-state index is 1.04. The van der Waals surface area contributed by atoms with Crippen molar-refractivity contribution in [2.75, 3.05) is 31.6 Å². The van der Waals surface area contributed by atoms with Gasteiger partial charge < -0.3 is 10.2 Å². The number of hydrogen-bond donors (Lipinski definition) is 1. The molecule has 0 aliphatic carbocycles. The van der Waals surface area contributed by atoms with Crippen molar-refractivity contribution >= 4 is 5.69 Å². The van der Waals surface area contributed by atoms with E-state index in [1.54, 1.807) is 0 Å². The van der Waals surface area contributed by atoms with Gasteiger partial charge in [-0.05, 0) is 31.5 Å². The Morgan fingerprint density at radius 2 is 2.50 bits per heavy atom. The molecule has 1 N–H and O–H groups in total. The van der Waals surface area contributed by atoms with Crippen LogP contribution < -0.4 is 10.2 Å². The molecule has 2 rings (SSSR count). The van der Waals surface area contributed by atoms with Crippen LogP contribution in [0.25, 0.3) is 0 Å². The number of pyridine rings is 1. The number of aromatic nitrogens is 1. The van der Waals surface area contributed by atoms with Gasteiger partial charge in [-0.1, -0.05) is 0 Å².